The largest absolute Gasteiger partial charge is 0.362 e. The Hall–Kier alpha value is -3.81. The van der Waals surface area contributed by atoms with Gasteiger partial charge in [-0.25, -0.2) is 4.68 Å². The number of carbonyl (C=O) groups excluding carboxylic acids is 1. The van der Waals surface area contributed by atoms with Crippen LogP contribution in [0.3, 0.4) is 0 Å². The van der Waals surface area contributed by atoms with E-state index in [2.05, 4.69) is 26.4 Å². The van der Waals surface area contributed by atoms with E-state index in [1.165, 1.54) is 0 Å². The summed E-state index contributed by atoms with van der Waals surface area (Å²) in [5.74, 6) is -4.67. The van der Waals surface area contributed by atoms with E-state index >= 15 is 0 Å². The van der Waals surface area contributed by atoms with Crippen molar-refractivity contribution in [3.63, 3.8) is 0 Å². The number of anilines is 1. The fourth-order valence-corrected chi connectivity index (χ4v) is 4.48. The summed E-state index contributed by atoms with van der Waals surface area (Å²) < 4.78 is 29.0. The summed E-state index contributed by atoms with van der Waals surface area (Å²) in [6.45, 7) is 1.25. The zero-order valence-electron chi connectivity index (χ0n) is 18.0. The number of halogens is 2. The minimum Gasteiger partial charge on any atom is -0.362 e. The van der Waals surface area contributed by atoms with Crippen molar-refractivity contribution in [1.82, 2.24) is 20.1 Å². The monoisotopic (exact) mass is 447 g/mol. The highest BCUT2D eigenvalue weighted by Gasteiger charge is 2.40. The highest BCUT2D eigenvalue weighted by Crippen LogP contribution is 2.38. The quantitative estimate of drug-likeness (QED) is 0.489. The van der Waals surface area contributed by atoms with E-state index in [9.17, 15) is 13.6 Å². The number of fused-ring (bicyclic) bond motifs is 1. The molecular formula is C25H23F2N5O. The van der Waals surface area contributed by atoms with Gasteiger partial charge in [0.1, 0.15) is 0 Å². The fourth-order valence-electron chi connectivity index (χ4n) is 4.48. The van der Waals surface area contributed by atoms with Crippen molar-refractivity contribution in [3.8, 4) is 5.69 Å². The van der Waals surface area contributed by atoms with E-state index in [0.717, 1.165) is 27.8 Å². The van der Waals surface area contributed by atoms with Crippen LogP contribution >= 0.6 is 0 Å². The van der Waals surface area contributed by atoms with Gasteiger partial charge in [-0.15, -0.1) is 0 Å². The summed E-state index contributed by atoms with van der Waals surface area (Å²) in [5, 5.41) is 8.06. The molecule has 2 aromatic carbocycles. The van der Waals surface area contributed by atoms with Crippen molar-refractivity contribution in [2.45, 2.75) is 31.4 Å². The Morgan fingerprint density at radius 1 is 1.06 bits per heavy atom. The first-order valence-corrected chi connectivity index (χ1v) is 10.8. The maximum absolute atomic E-state index is 13.6. The van der Waals surface area contributed by atoms with Crippen molar-refractivity contribution in [2.75, 3.05) is 11.4 Å². The van der Waals surface area contributed by atoms with Crippen LogP contribution in [0, 0.1) is 0 Å². The first kappa shape index (κ1) is 21.1. The molecule has 6 nitrogen and oxygen atoms in total. The number of aromatic nitrogens is 3. The van der Waals surface area contributed by atoms with Crippen LogP contribution in [0.5, 0.6) is 0 Å². The molecule has 8 heteroatoms. The summed E-state index contributed by atoms with van der Waals surface area (Å²) >= 11 is 0. The second-order valence-corrected chi connectivity index (χ2v) is 8.31. The van der Waals surface area contributed by atoms with Gasteiger partial charge in [-0.05, 0) is 42.3 Å². The van der Waals surface area contributed by atoms with Gasteiger partial charge in [-0.1, -0.05) is 30.3 Å². The van der Waals surface area contributed by atoms with Crippen LogP contribution in [0.25, 0.3) is 16.6 Å². The lowest BCUT2D eigenvalue weighted by Gasteiger charge is -2.31. The SMILES string of the molecule is CC(F)(F)C(=O)N[C@H]1CCN(c2ccc3c(cnn3-c3ccncc3)c2)[C@@H]1c1ccccc1. The molecule has 0 unspecified atom stereocenters. The molecule has 1 aliphatic heterocycles. The van der Waals surface area contributed by atoms with Crippen molar-refractivity contribution < 1.29 is 13.6 Å². The number of amides is 1. The molecule has 1 aliphatic rings. The zero-order valence-corrected chi connectivity index (χ0v) is 18.0. The molecular weight excluding hydrogens is 424 g/mol. The van der Waals surface area contributed by atoms with E-state index in [1.54, 1.807) is 12.4 Å². The molecule has 1 fully saturated rings. The number of alkyl halides is 2. The topological polar surface area (TPSA) is 63.1 Å². The Balaban J connectivity index is 1.50. The standard InChI is InChI=1S/C25H23F2N5O/c1-25(26,27)24(33)30-21-11-14-31(23(21)17-5-3-2-4-6-17)20-7-8-22-18(15-20)16-29-32(22)19-9-12-28-13-10-19/h2-10,12-13,15-16,21,23H,11,14H2,1H3,(H,30,33)/t21-,23+/m0/s1. The Bertz CT molecular complexity index is 1270. The second-order valence-electron chi connectivity index (χ2n) is 8.31. The van der Waals surface area contributed by atoms with Gasteiger partial charge in [0, 0.05) is 36.9 Å². The maximum atomic E-state index is 13.6. The average molecular weight is 447 g/mol. The third-order valence-electron chi connectivity index (χ3n) is 6.04. The number of hydrogen-bond acceptors (Lipinski definition) is 4. The summed E-state index contributed by atoms with van der Waals surface area (Å²) in [5.41, 5.74) is 3.79. The normalized spacial score (nSPS) is 18.6. The van der Waals surface area contributed by atoms with Crippen molar-refractivity contribution >= 4 is 22.5 Å². The number of pyridine rings is 1. The molecule has 4 aromatic rings. The Labute approximate surface area is 189 Å². The van der Waals surface area contributed by atoms with Crippen molar-refractivity contribution in [2.24, 2.45) is 0 Å². The first-order valence-electron chi connectivity index (χ1n) is 10.8. The molecule has 0 radical (unpaired) electrons. The third kappa shape index (κ3) is 4.04. The third-order valence-corrected chi connectivity index (χ3v) is 6.04. The van der Waals surface area contributed by atoms with E-state index in [1.807, 2.05) is 65.5 Å². The van der Waals surface area contributed by atoms with Crippen LogP contribution in [0.1, 0.15) is 24.9 Å². The minimum absolute atomic E-state index is 0.259. The number of rotatable bonds is 5. The molecule has 0 bridgehead atoms. The minimum atomic E-state index is -3.42. The molecule has 5 rings (SSSR count). The summed E-state index contributed by atoms with van der Waals surface area (Å²) in [7, 11) is 0. The van der Waals surface area contributed by atoms with Gasteiger partial charge in [-0.2, -0.15) is 13.9 Å². The highest BCUT2D eigenvalue weighted by molar-refractivity contribution is 5.85. The average Bonchev–Trinajstić information content (AvgIpc) is 3.43. The molecule has 168 valence electrons. The zero-order chi connectivity index (χ0) is 23.0. The lowest BCUT2D eigenvalue weighted by molar-refractivity contribution is -0.143. The number of nitrogens with zero attached hydrogens (tertiary/aromatic N) is 4. The Kier molecular flexibility index (Phi) is 5.28. The number of hydrogen-bond donors (Lipinski definition) is 1. The van der Waals surface area contributed by atoms with Crippen LogP contribution in [0.4, 0.5) is 14.5 Å². The van der Waals surface area contributed by atoms with Gasteiger partial charge in [-0.3, -0.25) is 9.78 Å². The van der Waals surface area contributed by atoms with E-state index in [0.29, 0.717) is 19.9 Å². The van der Waals surface area contributed by atoms with Crippen LogP contribution in [0.15, 0.2) is 79.3 Å². The molecule has 0 aliphatic carbocycles. The second kappa shape index (κ2) is 8.27. The molecule has 3 heterocycles. The lowest BCUT2D eigenvalue weighted by Crippen LogP contribution is -2.46. The number of benzene rings is 2. The number of carbonyl (C=O) groups is 1. The van der Waals surface area contributed by atoms with Crippen LogP contribution in [0.2, 0.25) is 0 Å². The van der Waals surface area contributed by atoms with Crippen molar-refractivity contribution in [3.05, 3.63) is 84.8 Å². The van der Waals surface area contributed by atoms with Gasteiger partial charge in [0.25, 0.3) is 5.91 Å². The fraction of sp³-hybridized carbons (Fsp3) is 0.240. The molecule has 1 N–H and O–H groups in total. The smallest absolute Gasteiger partial charge is 0.321 e. The Morgan fingerprint density at radius 3 is 2.55 bits per heavy atom. The van der Waals surface area contributed by atoms with E-state index in [-0.39, 0.29) is 6.04 Å². The molecule has 1 amide bonds. The summed E-state index contributed by atoms with van der Waals surface area (Å²) in [6, 6.07) is 18.8. The summed E-state index contributed by atoms with van der Waals surface area (Å²) in [4.78, 5) is 18.3. The molecule has 0 spiro atoms. The van der Waals surface area contributed by atoms with E-state index < -0.39 is 17.9 Å². The maximum Gasteiger partial charge on any atom is 0.321 e. The lowest BCUT2D eigenvalue weighted by atomic mass is 9.99. The van der Waals surface area contributed by atoms with Crippen LogP contribution in [-0.4, -0.2) is 39.2 Å². The molecule has 0 saturated carbocycles. The summed E-state index contributed by atoms with van der Waals surface area (Å²) in [6.07, 6.45) is 5.82. The molecule has 1 saturated heterocycles. The van der Waals surface area contributed by atoms with E-state index in [4.69, 9.17) is 0 Å². The Morgan fingerprint density at radius 2 is 1.82 bits per heavy atom. The van der Waals surface area contributed by atoms with Gasteiger partial charge < -0.3 is 10.2 Å². The first-order chi connectivity index (χ1) is 15.9. The van der Waals surface area contributed by atoms with Crippen molar-refractivity contribution in [1.29, 1.82) is 0 Å². The molecule has 2 atom stereocenters. The van der Waals surface area contributed by atoms with Crippen LogP contribution < -0.4 is 10.2 Å². The highest BCUT2D eigenvalue weighted by atomic mass is 19.3. The molecule has 2 aromatic heterocycles. The molecule has 33 heavy (non-hydrogen) atoms. The predicted octanol–water partition coefficient (Wildman–Crippen LogP) is 4.51. The van der Waals surface area contributed by atoms with Gasteiger partial charge >= 0.3 is 5.92 Å². The van der Waals surface area contributed by atoms with Gasteiger partial charge in [0.05, 0.1) is 29.5 Å². The number of nitrogens with one attached hydrogen (secondary N) is 1. The van der Waals surface area contributed by atoms with Crippen LogP contribution in [-0.2, 0) is 4.79 Å². The van der Waals surface area contributed by atoms with Gasteiger partial charge in [0.2, 0.25) is 0 Å². The predicted molar refractivity (Wildman–Crippen MR) is 123 cm³/mol. The van der Waals surface area contributed by atoms with Gasteiger partial charge in [0.15, 0.2) is 0 Å².